The number of benzene rings is 13. The van der Waals surface area contributed by atoms with Crippen molar-refractivity contribution in [2.45, 2.75) is 214 Å². The molecule has 0 radical (unpaired) electrons. The van der Waals surface area contributed by atoms with E-state index in [0.29, 0.717) is 61.3 Å². The van der Waals surface area contributed by atoms with Crippen LogP contribution in [0.15, 0.2) is 334 Å². The summed E-state index contributed by atoms with van der Waals surface area (Å²) in [7, 11) is 0. The molecule has 0 aliphatic carbocycles. The lowest BCUT2D eigenvalue weighted by Gasteiger charge is -2.10. The van der Waals surface area contributed by atoms with Gasteiger partial charge in [0.05, 0.1) is 33.2 Å². The van der Waals surface area contributed by atoms with Gasteiger partial charge in [-0.05, 0) is 309 Å². The first-order valence-corrected chi connectivity index (χ1v) is 49.5. The SMILES string of the molecule is CCc1ccc(-c2cc(=O)c3cc(CC)ccc3o2)cc1.CCc1ccc(-c2cc3c(CC)cc(CC)cc3oc2=O)cc1.CCc1ccc(-c2cc3cc(CC)cc(CC)c3oc2=O)cc1.CCc1ccc(-c2cc3ccc(CC)c(CC)c3oc2=O)cc1.CCc1ccc(-c2cc3ccc(CC)cc3oc2=O)cc1.CCc1ccc2cc(-c3cc4cc(CC)c(CC)cc4oc3=O)ccc2c1. The van der Waals surface area contributed by atoms with Crippen molar-refractivity contribution in [2.75, 3.05) is 0 Å². The zero-order chi connectivity index (χ0) is 97.8. The molecule has 702 valence electrons. The van der Waals surface area contributed by atoms with E-state index in [-0.39, 0.29) is 33.6 Å². The Morgan fingerprint density at radius 2 is 0.522 bits per heavy atom. The Bertz CT molecular complexity index is 7930. The molecule has 0 aliphatic rings. The normalized spacial score (nSPS) is 11.1. The Morgan fingerprint density at radius 1 is 0.174 bits per heavy atom. The van der Waals surface area contributed by atoms with Gasteiger partial charge in [-0.3, -0.25) is 4.79 Å². The second-order valence-corrected chi connectivity index (χ2v) is 35.1. The lowest BCUT2D eigenvalue weighted by Crippen LogP contribution is -2.05. The third kappa shape index (κ3) is 23.0. The number of fused-ring (bicyclic) bond motifs is 7. The first kappa shape index (κ1) is 99.3. The van der Waals surface area contributed by atoms with E-state index in [4.69, 9.17) is 26.5 Å². The molecule has 12 nitrogen and oxygen atoms in total. The van der Waals surface area contributed by atoms with Crippen molar-refractivity contribution in [3.63, 3.8) is 0 Å². The minimum absolute atomic E-state index is 0.0149. The Morgan fingerprint density at radius 3 is 1.02 bits per heavy atom. The molecule has 19 aromatic rings. The van der Waals surface area contributed by atoms with Crippen molar-refractivity contribution in [1.82, 2.24) is 0 Å². The van der Waals surface area contributed by atoms with E-state index in [2.05, 4.69) is 244 Å². The van der Waals surface area contributed by atoms with E-state index >= 15 is 0 Å². The van der Waals surface area contributed by atoms with Crippen molar-refractivity contribution < 1.29 is 26.5 Å². The number of aryl methyl sites for hydroxylation is 16. The van der Waals surface area contributed by atoms with E-state index in [9.17, 15) is 28.8 Å². The summed E-state index contributed by atoms with van der Waals surface area (Å²) >= 11 is 0. The van der Waals surface area contributed by atoms with Crippen LogP contribution in [0.1, 0.15) is 200 Å². The van der Waals surface area contributed by atoms with Gasteiger partial charge in [-0.1, -0.05) is 305 Å². The fraction of sp³-hybridized carbons (Fsp3) is 0.254. The van der Waals surface area contributed by atoms with Gasteiger partial charge in [0, 0.05) is 38.6 Å². The van der Waals surface area contributed by atoms with Crippen LogP contribution in [0.4, 0.5) is 0 Å². The largest absolute Gasteiger partial charge is 0.456 e. The fourth-order valence-electron chi connectivity index (χ4n) is 17.8. The van der Waals surface area contributed by atoms with Crippen LogP contribution in [0.5, 0.6) is 0 Å². The van der Waals surface area contributed by atoms with Crippen LogP contribution in [-0.4, -0.2) is 0 Å². The minimum Gasteiger partial charge on any atom is -0.456 e. The van der Waals surface area contributed by atoms with Gasteiger partial charge in [-0.15, -0.1) is 0 Å². The summed E-state index contributed by atoms with van der Waals surface area (Å²) in [5.41, 5.74) is 31.2. The molecular weight excluding hydrogens is 1710 g/mol. The van der Waals surface area contributed by atoms with E-state index in [0.717, 1.165) is 196 Å². The molecule has 0 bridgehead atoms. The summed E-state index contributed by atoms with van der Waals surface area (Å²) in [5.74, 6) is 0.624. The molecular formula is C126H126O12. The summed E-state index contributed by atoms with van der Waals surface area (Å²) in [6, 6.07) is 93.4. The average molecular weight is 1830 g/mol. The lowest BCUT2D eigenvalue weighted by molar-refractivity contribution is 0.559. The molecule has 0 N–H and O–H groups in total. The molecule has 0 spiro atoms. The molecule has 0 unspecified atom stereocenters. The number of rotatable bonds is 22. The van der Waals surface area contributed by atoms with Gasteiger partial charge in [0.25, 0.3) is 0 Å². The summed E-state index contributed by atoms with van der Waals surface area (Å²) < 4.78 is 34.1. The molecule has 0 aliphatic heterocycles. The Kier molecular flexibility index (Phi) is 33.3. The molecule has 0 fully saturated rings. The molecule has 0 saturated carbocycles. The Hall–Kier alpha value is -14.6. The summed E-state index contributed by atoms with van der Waals surface area (Å²) in [4.78, 5) is 74.5. The second-order valence-electron chi connectivity index (χ2n) is 35.1. The van der Waals surface area contributed by atoms with E-state index in [1.807, 2.05) is 140 Å². The van der Waals surface area contributed by atoms with Crippen molar-refractivity contribution >= 4 is 76.6 Å². The van der Waals surface area contributed by atoms with Crippen molar-refractivity contribution in [2.24, 2.45) is 0 Å². The minimum atomic E-state index is -0.279. The van der Waals surface area contributed by atoms with Gasteiger partial charge in [0.15, 0.2) is 5.43 Å². The van der Waals surface area contributed by atoms with Crippen molar-refractivity contribution in [3.8, 4) is 67.0 Å². The highest BCUT2D eigenvalue weighted by molar-refractivity contribution is 5.92. The molecule has 0 saturated heterocycles. The molecule has 138 heavy (non-hydrogen) atoms. The van der Waals surface area contributed by atoms with Crippen LogP contribution >= 0.6 is 0 Å². The molecule has 19 rings (SSSR count). The van der Waals surface area contributed by atoms with Crippen LogP contribution in [0.3, 0.4) is 0 Å². The van der Waals surface area contributed by atoms with Gasteiger partial charge >= 0.3 is 28.1 Å². The zero-order valence-corrected chi connectivity index (χ0v) is 82.8. The maximum Gasteiger partial charge on any atom is 0.344 e. The van der Waals surface area contributed by atoms with Gasteiger partial charge in [0.2, 0.25) is 0 Å². The Labute approximate surface area is 808 Å². The Balaban J connectivity index is 0.000000132. The molecule has 12 heteroatoms. The highest BCUT2D eigenvalue weighted by Crippen LogP contribution is 2.35. The van der Waals surface area contributed by atoms with Crippen molar-refractivity contribution in [3.05, 3.63) is 430 Å². The lowest BCUT2D eigenvalue weighted by atomic mass is 9.97. The van der Waals surface area contributed by atoms with Gasteiger partial charge in [-0.25, -0.2) is 24.0 Å². The van der Waals surface area contributed by atoms with Crippen LogP contribution < -0.4 is 33.6 Å². The van der Waals surface area contributed by atoms with Crippen LogP contribution in [0.25, 0.3) is 144 Å². The summed E-state index contributed by atoms with van der Waals surface area (Å²) in [6.45, 7) is 33.9. The third-order valence-corrected chi connectivity index (χ3v) is 26.6. The highest BCUT2D eigenvalue weighted by Gasteiger charge is 2.20. The molecule has 6 aromatic heterocycles. The molecule has 6 heterocycles. The first-order chi connectivity index (χ1) is 67.0. The number of hydrogen-bond acceptors (Lipinski definition) is 12. The monoisotopic (exact) mass is 1830 g/mol. The van der Waals surface area contributed by atoms with Gasteiger partial charge < -0.3 is 26.5 Å². The fourth-order valence-corrected chi connectivity index (χ4v) is 17.8. The smallest absolute Gasteiger partial charge is 0.344 e. The summed E-state index contributed by atoms with van der Waals surface area (Å²) in [5, 5.41) is 7.98. The van der Waals surface area contributed by atoms with Crippen LogP contribution in [-0.2, 0) is 103 Å². The number of hydrogen-bond donors (Lipinski definition) is 0. The maximum atomic E-state index is 12.7. The van der Waals surface area contributed by atoms with Crippen molar-refractivity contribution in [1.29, 1.82) is 0 Å². The quantitative estimate of drug-likeness (QED) is 0.0587. The molecule has 0 atom stereocenters. The van der Waals surface area contributed by atoms with Gasteiger partial charge in [0.1, 0.15) is 39.3 Å². The topological polar surface area (TPSA) is 181 Å². The zero-order valence-electron chi connectivity index (χ0n) is 82.8. The third-order valence-electron chi connectivity index (χ3n) is 26.6. The van der Waals surface area contributed by atoms with E-state index in [1.165, 1.54) is 77.7 Å². The van der Waals surface area contributed by atoms with E-state index in [1.54, 1.807) is 6.07 Å². The highest BCUT2D eigenvalue weighted by atomic mass is 16.4. The summed E-state index contributed by atoms with van der Waals surface area (Å²) in [6.07, 6.45) is 15.3. The maximum absolute atomic E-state index is 12.7. The van der Waals surface area contributed by atoms with Crippen LogP contribution in [0, 0.1) is 0 Å². The predicted molar refractivity (Wildman–Crippen MR) is 575 cm³/mol. The van der Waals surface area contributed by atoms with Gasteiger partial charge in [-0.2, -0.15) is 0 Å². The molecule has 0 amide bonds. The van der Waals surface area contributed by atoms with E-state index < -0.39 is 0 Å². The van der Waals surface area contributed by atoms with Crippen LogP contribution in [0.2, 0.25) is 0 Å². The first-order valence-electron chi connectivity index (χ1n) is 49.5. The predicted octanol–water partition coefficient (Wildman–Crippen LogP) is 30.9. The molecule has 13 aromatic carbocycles. The average Bonchev–Trinajstić information content (AvgIpc) is 0.769. The standard InChI is InChI=1S/C25H24O2.3C21H22O2.2C19H18O2/c1-4-16-7-8-20-13-21(10-9-19(20)11-16)23-14-22-12-17(5-2)18(6-3)15-24(22)27-25(23)26;1-4-14-7-9-17(10-8-14)19-13-18-16(6-3)11-15(5-2)12-20(18)23-21(19)22;1-4-14-7-9-17(10-8-14)19-13-18-12-15(5-2)11-16(6-3)20(18)23-21(19)22;1-4-14-7-9-16(10-8-14)19-13-17-12-11-15(5-2)18(6-3)20(17)23-21(19)22;1-3-13-5-8-15(9-6-13)19-12-17(20)16-11-14(4-2)7-10-18(16)21-19;1-3-13-5-8-15(9-6-13)17-12-16-10-7-14(4-2)11-18(16)21-19(17)20/h7-15H,4-6H2,1-3H3;3*7-13H,4-6H2,1-3H3;2*5-12H,3-4H2,1-2H3. The second kappa shape index (κ2) is 46.3.